The summed E-state index contributed by atoms with van der Waals surface area (Å²) in [6, 6.07) is 11.8. The number of benzene rings is 2. The first-order chi connectivity index (χ1) is 12.1. The summed E-state index contributed by atoms with van der Waals surface area (Å²) in [6.45, 7) is 3.66. The lowest BCUT2D eigenvalue weighted by Crippen LogP contribution is -2.37. The molecule has 0 aliphatic heterocycles. The number of carbonyl (C=O) groups is 1. The van der Waals surface area contributed by atoms with Crippen molar-refractivity contribution in [1.29, 1.82) is 0 Å². The predicted octanol–water partition coefficient (Wildman–Crippen LogP) is 4.52. The summed E-state index contributed by atoms with van der Waals surface area (Å²) in [5.74, 6) is -0.234. The van der Waals surface area contributed by atoms with E-state index in [0.717, 1.165) is 16.1 Å². The van der Waals surface area contributed by atoms with E-state index in [9.17, 15) is 13.2 Å². The molecule has 0 bridgehead atoms. The van der Waals surface area contributed by atoms with E-state index in [1.165, 1.54) is 18.2 Å². The van der Waals surface area contributed by atoms with Crippen LogP contribution in [0.4, 0.5) is 11.4 Å². The van der Waals surface area contributed by atoms with Gasteiger partial charge in [0.25, 0.3) is 0 Å². The van der Waals surface area contributed by atoms with Crippen LogP contribution in [0.25, 0.3) is 0 Å². The first-order valence-electron chi connectivity index (χ1n) is 7.91. The lowest BCUT2D eigenvalue weighted by atomic mass is 10.0. The molecule has 0 saturated carbocycles. The topological polar surface area (TPSA) is 66.5 Å². The van der Waals surface area contributed by atoms with Crippen LogP contribution in [0.15, 0.2) is 42.5 Å². The number of para-hydroxylation sites is 1. The quantitative estimate of drug-likeness (QED) is 0.754. The maximum absolute atomic E-state index is 12.5. The normalized spacial score (nSPS) is 11.5. The zero-order valence-corrected chi connectivity index (χ0v) is 17.0. The van der Waals surface area contributed by atoms with E-state index in [2.05, 4.69) is 5.32 Å². The van der Waals surface area contributed by atoms with E-state index >= 15 is 0 Å². The highest BCUT2D eigenvalue weighted by atomic mass is 35.5. The molecule has 5 nitrogen and oxygen atoms in total. The van der Waals surface area contributed by atoms with E-state index in [1.807, 2.05) is 32.0 Å². The molecule has 0 fully saturated rings. The molecule has 2 aromatic rings. The highest BCUT2D eigenvalue weighted by molar-refractivity contribution is 7.92. The van der Waals surface area contributed by atoms with Gasteiger partial charge in [0.2, 0.25) is 15.9 Å². The Morgan fingerprint density at radius 3 is 2.35 bits per heavy atom. The summed E-state index contributed by atoms with van der Waals surface area (Å²) in [5.41, 5.74) is 1.91. The van der Waals surface area contributed by atoms with Gasteiger partial charge in [-0.2, -0.15) is 0 Å². The summed E-state index contributed by atoms with van der Waals surface area (Å²) in [6.07, 6.45) is 1.03. The van der Waals surface area contributed by atoms with Crippen molar-refractivity contribution in [2.45, 2.75) is 19.8 Å². The zero-order valence-electron chi connectivity index (χ0n) is 14.7. The highest BCUT2D eigenvalue weighted by Crippen LogP contribution is 2.29. The standard InChI is InChI=1S/C18H20Cl2N2O3S/c1-12(2)14-6-4-5-7-17(14)21-18(23)11-22(26(3,24)25)13-8-9-15(19)16(20)10-13/h4-10,12H,11H2,1-3H3,(H,21,23). The summed E-state index contributed by atoms with van der Waals surface area (Å²) < 4.78 is 25.3. The number of hydrogen-bond acceptors (Lipinski definition) is 3. The van der Waals surface area contributed by atoms with E-state index in [-0.39, 0.29) is 23.2 Å². The monoisotopic (exact) mass is 414 g/mol. The highest BCUT2D eigenvalue weighted by Gasteiger charge is 2.22. The molecule has 0 atom stereocenters. The van der Waals surface area contributed by atoms with Crippen LogP contribution >= 0.6 is 23.2 Å². The minimum absolute atomic E-state index is 0.211. The number of rotatable bonds is 6. The van der Waals surface area contributed by atoms with Crippen molar-refractivity contribution in [3.05, 3.63) is 58.1 Å². The molecule has 8 heteroatoms. The minimum atomic E-state index is -3.69. The molecule has 26 heavy (non-hydrogen) atoms. The Kier molecular flexibility index (Phi) is 6.55. The van der Waals surface area contributed by atoms with Gasteiger partial charge in [-0.25, -0.2) is 8.42 Å². The van der Waals surface area contributed by atoms with Crippen LogP contribution in [-0.4, -0.2) is 27.1 Å². The molecule has 0 aromatic heterocycles. The Morgan fingerprint density at radius 2 is 1.77 bits per heavy atom. The molecule has 1 N–H and O–H groups in total. The molecule has 0 saturated heterocycles. The van der Waals surface area contributed by atoms with E-state index < -0.39 is 15.9 Å². The van der Waals surface area contributed by atoms with Crippen LogP contribution in [0.2, 0.25) is 10.0 Å². The number of anilines is 2. The zero-order chi connectivity index (χ0) is 19.5. The van der Waals surface area contributed by atoms with Crippen molar-refractivity contribution in [1.82, 2.24) is 0 Å². The van der Waals surface area contributed by atoms with E-state index in [0.29, 0.717) is 10.7 Å². The van der Waals surface area contributed by atoms with E-state index in [1.54, 1.807) is 6.07 Å². The Bertz CT molecular complexity index is 914. The van der Waals surface area contributed by atoms with E-state index in [4.69, 9.17) is 23.2 Å². The maximum Gasteiger partial charge on any atom is 0.245 e. The molecule has 0 radical (unpaired) electrons. The van der Waals surface area contributed by atoms with Crippen LogP contribution in [0.3, 0.4) is 0 Å². The van der Waals surface area contributed by atoms with Gasteiger partial charge in [0, 0.05) is 5.69 Å². The number of nitrogens with one attached hydrogen (secondary N) is 1. The van der Waals surface area contributed by atoms with Crippen molar-refractivity contribution < 1.29 is 13.2 Å². The van der Waals surface area contributed by atoms with Gasteiger partial charge in [-0.3, -0.25) is 9.10 Å². The van der Waals surface area contributed by atoms with Crippen molar-refractivity contribution in [2.75, 3.05) is 22.4 Å². The third-order valence-corrected chi connectivity index (χ3v) is 5.62. The molecule has 140 valence electrons. The molecule has 0 aliphatic carbocycles. The van der Waals surface area contributed by atoms with Gasteiger partial charge < -0.3 is 5.32 Å². The van der Waals surface area contributed by atoms with Gasteiger partial charge in [-0.05, 0) is 35.7 Å². The van der Waals surface area contributed by atoms with Crippen molar-refractivity contribution in [2.24, 2.45) is 0 Å². The largest absolute Gasteiger partial charge is 0.324 e. The Morgan fingerprint density at radius 1 is 1.12 bits per heavy atom. The van der Waals surface area contributed by atoms with Gasteiger partial charge in [-0.1, -0.05) is 55.2 Å². The molecule has 0 heterocycles. The summed E-state index contributed by atoms with van der Waals surface area (Å²) in [7, 11) is -3.69. The number of nitrogens with zero attached hydrogens (tertiary/aromatic N) is 1. The van der Waals surface area contributed by atoms with Gasteiger partial charge >= 0.3 is 0 Å². The molecular formula is C18H20Cl2N2O3S. The number of sulfonamides is 1. The van der Waals surface area contributed by atoms with Gasteiger partial charge in [0.1, 0.15) is 6.54 Å². The average molecular weight is 415 g/mol. The molecule has 0 aliphatic rings. The third kappa shape index (κ3) is 5.13. The third-order valence-electron chi connectivity index (χ3n) is 3.74. The molecule has 2 aromatic carbocycles. The predicted molar refractivity (Wildman–Crippen MR) is 108 cm³/mol. The number of carbonyl (C=O) groups excluding carboxylic acids is 1. The number of amides is 1. The second-order valence-corrected chi connectivity index (χ2v) is 8.88. The summed E-state index contributed by atoms with van der Waals surface area (Å²) in [5, 5.41) is 3.30. The van der Waals surface area contributed by atoms with Crippen LogP contribution in [0, 0.1) is 0 Å². The van der Waals surface area contributed by atoms with Crippen LogP contribution in [0.5, 0.6) is 0 Å². The van der Waals surface area contributed by atoms with Crippen LogP contribution < -0.4 is 9.62 Å². The summed E-state index contributed by atoms with van der Waals surface area (Å²) in [4.78, 5) is 12.5. The molecule has 0 unspecified atom stereocenters. The molecule has 2 rings (SSSR count). The smallest absolute Gasteiger partial charge is 0.245 e. The maximum atomic E-state index is 12.5. The molecule has 1 amide bonds. The lowest BCUT2D eigenvalue weighted by Gasteiger charge is -2.23. The second-order valence-electron chi connectivity index (χ2n) is 6.16. The molecule has 0 spiro atoms. The fraction of sp³-hybridized carbons (Fsp3) is 0.278. The van der Waals surface area contributed by atoms with Crippen molar-refractivity contribution in [3.63, 3.8) is 0 Å². The van der Waals surface area contributed by atoms with Gasteiger partial charge in [-0.15, -0.1) is 0 Å². The second kappa shape index (κ2) is 8.29. The van der Waals surface area contributed by atoms with Crippen LogP contribution in [0.1, 0.15) is 25.3 Å². The average Bonchev–Trinajstić information content (AvgIpc) is 2.54. The van der Waals surface area contributed by atoms with Crippen molar-refractivity contribution >= 4 is 50.5 Å². The number of hydrogen-bond donors (Lipinski definition) is 1. The first-order valence-corrected chi connectivity index (χ1v) is 10.5. The summed E-state index contributed by atoms with van der Waals surface area (Å²) >= 11 is 11.9. The first kappa shape index (κ1) is 20.6. The SMILES string of the molecule is CC(C)c1ccccc1NC(=O)CN(c1ccc(Cl)c(Cl)c1)S(C)(=O)=O. The fourth-order valence-corrected chi connectivity index (χ4v) is 3.62. The fourth-order valence-electron chi connectivity index (χ4n) is 2.47. The minimum Gasteiger partial charge on any atom is -0.324 e. The van der Waals surface area contributed by atoms with Gasteiger partial charge in [0.15, 0.2) is 0 Å². The number of halogens is 2. The molecular weight excluding hydrogens is 395 g/mol. The van der Waals surface area contributed by atoms with Crippen LogP contribution in [-0.2, 0) is 14.8 Å². The van der Waals surface area contributed by atoms with Crippen molar-refractivity contribution in [3.8, 4) is 0 Å². The Balaban J connectivity index is 2.27. The van der Waals surface area contributed by atoms with Gasteiger partial charge in [0.05, 0.1) is 22.0 Å². The Labute approximate surface area is 164 Å². The lowest BCUT2D eigenvalue weighted by molar-refractivity contribution is -0.114. The Hall–Kier alpha value is -1.76.